The van der Waals surface area contributed by atoms with Crippen LogP contribution < -0.4 is 5.73 Å². The minimum atomic E-state index is -0.487. The third kappa shape index (κ3) is 2.58. The molecule has 0 heterocycles. The van der Waals surface area contributed by atoms with E-state index in [0.717, 1.165) is 12.0 Å². The molecule has 0 saturated heterocycles. The van der Waals surface area contributed by atoms with Gasteiger partial charge in [-0.1, -0.05) is 45.0 Å². The number of hydrogen-bond acceptors (Lipinski definition) is 2. The smallest absolute Gasteiger partial charge is 0.0855 e. The van der Waals surface area contributed by atoms with Crippen molar-refractivity contribution in [3.63, 3.8) is 0 Å². The molecule has 0 amide bonds. The predicted octanol–water partition coefficient (Wildman–Crippen LogP) is 2.27. The Morgan fingerprint density at radius 2 is 1.93 bits per heavy atom. The normalized spacial score (nSPS) is 13.9. The van der Waals surface area contributed by atoms with Crippen LogP contribution in [-0.2, 0) is 6.42 Å². The Morgan fingerprint density at radius 1 is 1.33 bits per heavy atom. The van der Waals surface area contributed by atoms with Crippen LogP contribution in [-0.4, -0.2) is 11.7 Å². The summed E-state index contributed by atoms with van der Waals surface area (Å²) in [6.07, 6.45) is 0.451. The quantitative estimate of drug-likeness (QED) is 0.795. The highest BCUT2D eigenvalue weighted by Crippen LogP contribution is 2.33. The van der Waals surface area contributed by atoms with Crippen LogP contribution in [0.3, 0.4) is 0 Å². The van der Waals surface area contributed by atoms with Gasteiger partial charge in [0.1, 0.15) is 0 Å². The van der Waals surface area contributed by atoms with E-state index < -0.39 is 6.10 Å². The van der Waals surface area contributed by atoms with Gasteiger partial charge in [-0.3, -0.25) is 0 Å². The van der Waals surface area contributed by atoms with Crippen LogP contribution in [0.25, 0.3) is 0 Å². The Morgan fingerprint density at radius 3 is 2.47 bits per heavy atom. The Labute approximate surface area is 92.1 Å². The summed E-state index contributed by atoms with van der Waals surface area (Å²) in [7, 11) is 0. The molecule has 1 rings (SSSR count). The zero-order chi connectivity index (χ0) is 11.5. The van der Waals surface area contributed by atoms with E-state index in [2.05, 4.69) is 13.0 Å². The average molecular weight is 207 g/mol. The highest BCUT2D eigenvalue weighted by molar-refractivity contribution is 5.30. The molecule has 0 aliphatic rings. The van der Waals surface area contributed by atoms with Gasteiger partial charge in [0.05, 0.1) is 6.10 Å². The number of nitrogens with two attached hydrogens (primary N) is 1. The van der Waals surface area contributed by atoms with Crippen molar-refractivity contribution in [3.05, 3.63) is 35.4 Å². The van der Waals surface area contributed by atoms with Crippen molar-refractivity contribution in [1.82, 2.24) is 0 Å². The molecule has 1 atom stereocenters. The van der Waals surface area contributed by atoms with Crippen LogP contribution in [0.15, 0.2) is 24.3 Å². The van der Waals surface area contributed by atoms with Gasteiger partial charge in [0.2, 0.25) is 0 Å². The van der Waals surface area contributed by atoms with Crippen LogP contribution >= 0.6 is 0 Å². The van der Waals surface area contributed by atoms with Gasteiger partial charge in [0, 0.05) is 12.0 Å². The fourth-order valence-corrected chi connectivity index (χ4v) is 1.66. The van der Waals surface area contributed by atoms with Crippen LogP contribution in [0.1, 0.15) is 38.0 Å². The lowest BCUT2D eigenvalue weighted by Crippen LogP contribution is -2.31. The molecule has 1 aromatic carbocycles. The fourth-order valence-electron chi connectivity index (χ4n) is 1.66. The number of benzene rings is 1. The first-order valence-electron chi connectivity index (χ1n) is 5.49. The number of aryl methyl sites for hydroxylation is 1. The van der Waals surface area contributed by atoms with E-state index in [0.29, 0.717) is 6.54 Å². The van der Waals surface area contributed by atoms with E-state index in [1.165, 1.54) is 5.56 Å². The number of rotatable bonds is 4. The van der Waals surface area contributed by atoms with Crippen molar-refractivity contribution in [3.8, 4) is 0 Å². The lowest BCUT2D eigenvalue weighted by atomic mass is 9.81. The van der Waals surface area contributed by atoms with E-state index in [-0.39, 0.29) is 5.41 Å². The van der Waals surface area contributed by atoms with Gasteiger partial charge in [0.15, 0.2) is 0 Å². The molecular formula is C13H21NO. The monoisotopic (exact) mass is 207 g/mol. The van der Waals surface area contributed by atoms with Gasteiger partial charge in [-0.15, -0.1) is 0 Å². The molecule has 3 N–H and O–H groups in total. The summed E-state index contributed by atoms with van der Waals surface area (Å²) in [5, 5.41) is 10.3. The molecule has 0 radical (unpaired) electrons. The standard InChI is InChI=1S/C13H21NO/c1-4-10-7-5-6-8-11(10)12(15)13(2,3)9-14/h5-8,12,15H,4,9,14H2,1-3H3. The molecule has 0 aliphatic carbocycles. The van der Waals surface area contributed by atoms with E-state index in [4.69, 9.17) is 5.73 Å². The Kier molecular flexibility index (Phi) is 3.89. The summed E-state index contributed by atoms with van der Waals surface area (Å²) in [5.74, 6) is 0. The van der Waals surface area contributed by atoms with Crippen LogP contribution in [0.5, 0.6) is 0 Å². The summed E-state index contributed by atoms with van der Waals surface area (Å²) in [4.78, 5) is 0. The van der Waals surface area contributed by atoms with E-state index in [1.807, 2.05) is 32.0 Å². The zero-order valence-electron chi connectivity index (χ0n) is 9.83. The van der Waals surface area contributed by atoms with Crippen molar-refractivity contribution >= 4 is 0 Å². The molecule has 2 nitrogen and oxygen atoms in total. The first-order chi connectivity index (χ1) is 7.03. The van der Waals surface area contributed by atoms with Crippen LogP contribution in [0.2, 0.25) is 0 Å². The topological polar surface area (TPSA) is 46.2 Å². The molecule has 0 aliphatic heterocycles. The zero-order valence-corrected chi connectivity index (χ0v) is 9.83. The minimum absolute atomic E-state index is 0.273. The molecule has 0 bridgehead atoms. The van der Waals surface area contributed by atoms with Crippen molar-refractivity contribution in [1.29, 1.82) is 0 Å². The SMILES string of the molecule is CCc1ccccc1C(O)C(C)(C)CN. The second kappa shape index (κ2) is 4.77. The molecule has 1 aromatic rings. The van der Waals surface area contributed by atoms with Gasteiger partial charge in [-0.05, 0) is 17.5 Å². The van der Waals surface area contributed by atoms with Gasteiger partial charge in [-0.25, -0.2) is 0 Å². The number of hydrogen-bond donors (Lipinski definition) is 2. The van der Waals surface area contributed by atoms with Gasteiger partial charge < -0.3 is 10.8 Å². The molecule has 2 heteroatoms. The number of aliphatic hydroxyl groups excluding tert-OH is 1. The largest absolute Gasteiger partial charge is 0.388 e. The lowest BCUT2D eigenvalue weighted by Gasteiger charge is -2.30. The second-order valence-electron chi connectivity index (χ2n) is 4.65. The minimum Gasteiger partial charge on any atom is -0.388 e. The predicted molar refractivity (Wildman–Crippen MR) is 63.6 cm³/mol. The average Bonchev–Trinajstić information content (AvgIpc) is 2.28. The molecular weight excluding hydrogens is 186 g/mol. The highest BCUT2D eigenvalue weighted by atomic mass is 16.3. The molecule has 0 aromatic heterocycles. The molecule has 15 heavy (non-hydrogen) atoms. The molecule has 1 unspecified atom stereocenters. The Hall–Kier alpha value is -0.860. The van der Waals surface area contributed by atoms with Crippen molar-refractivity contribution < 1.29 is 5.11 Å². The maximum absolute atomic E-state index is 10.3. The van der Waals surface area contributed by atoms with Crippen molar-refractivity contribution in [2.45, 2.75) is 33.3 Å². The van der Waals surface area contributed by atoms with Gasteiger partial charge in [0.25, 0.3) is 0 Å². The second-order valence-corrected chi connectivity index (χ2v) is 4.65. The fraction of sp³-hybridized carbons (Fsp3) is 0.538. The molecule has 0 saturated carbocycles. The summed E-state index contributed by atoms with van der Waals surface area (Å²) in [6.45, 7) is 6.56. The first kappa shape index (κ1) is 12.2. The summed E-state index contributed by atoms with van der Waals surface area (Å²) in [5.41, 5.74) is 7.61. The van der Waals surface area contributed by atoms with Gasteiger partial charge >= 0.3 is 0 Å². The Balaban J connectivity index is 3.05. The van der Waals surface area contributed by atoms with E-state index >= 15 is 0 Å². The summed E-state index contributed by atoms with van der Waals surface area (Å²) in [6, 6.07) is 8.01. The van der Waals surface area contributed by atoms with Crippen molar-refractivity contribution in [2.75, 3.05) is 6.54 Å². The first-order valence-corrected chi connectivity index (χ1v) is 5.49. The maximum Gasteiger partial charge on any atom is 0.0855 e. The summed E-state index contributed by atoms with van der Waals surface area (Å²) < 4.78 is 0. The number of aliphatic hydroxyl groups is 1. The van der Waals surface area contributed by atoms with Crippen LogP contribution in [0.4, 0.5) is 0 Å². The lowest BCUT2D eigenvalue weighted by molar-refractivity contribution is 0.0548. The van der Waals surface area contributed by atoms with Crippen molar-refractivity contribution in [2.24, 2.45) is 11.1 Å². The molecule has 84 valence electrons. The third-order valence-corrected chi connectivity index (χ3v) is 3.00. The van der Waals surface area contributed by atoms with E-state index in [1.54, 1.807) is 0 Å². The maximum atomic E-state index is 10.3. The van der Waals surface area contributed by atoms with Crippen LogP contribution in [0, 0.1) is 5.41 Å². The molecule has 0 spiro atoms. The van der Waals surface area contributed by atoms with E-state index in [9.17, 15) is 5.11 Å². The molecule has 0 fully saturated rings. The highest BCUT2D eigenvalue weighted by Gasteiger charge is 2.28. The van der Waals surface area contributed by atoms with Gasteiger partial charge in [-0.2, -0.15) is 0 Å². The summed E-state index contributed by atoms with van der Waals surface area (Å²) >= 11 is 0. The Bertz CT molecular complexity index is 320. The third-order valence-electron chi connectivity index (χ3n) is 3.00.